The summed E-state index contributed by atoms with van der Waals surface area (Å²) in [5.41, 5.74) is 3.76. The third kappa shape index (κ3) is 4.39. The molecule has 0 atom stereocenters. The molecule has 0 aliphatic carbocycles. The number of hydrogen-bond donors (Lipinski definition) is 1. The summed E-state index contributed by atoms with van der Waals surface area (Å²) >= 11 is 2.83. The summed E-state index contributed by atoms with van der Waals surface area (Å²) in [5, 5.41) is 3.07. The summed E-state index contributed by atoms with van der Waals surface area (Å²) in [6, 6.07) is 13.3. The van der Waals surface area contributed by atoms with Crippen molar-refractivity contribution in [1.82, 2.24) is 9.97 Å². The fourth-order valence-corrected chi connectivity index (χ4v) is 5.55. The van der Waals surface area contributed by atoms with Crippen LogP contribution in [0.25, 0.3) is 21.3 Å². The molecule has 1 aliphatic heterocycles. The molecular weight excluding hydrogens is 460 g/mol. The highest BCUT2D eigenvalue weighted by Crippen LogP contribution is 2.35. The van der Waals surface area contributed by atoms with E-state index < -0.39 is 5.97 Å². The zero-order valence-electron chi connectivity index (χ0n) is 17.8. The molecule has 0 saturated heterocycles. The first kappa shape index (κ1) is 21.7. The molecule has 1 N–H and O–H groups in total. The number of fused-ring (bicyclic) bond motifs is 2. The summed E-state index contributed by atoms with van der Waals surface area (Å²) in [4.78, 5) is 33.5. The second-order valence-electron chi connectivity index (χ2n) is 7.31. The zero-order valence-corrected chi connectivity index (χ0v) is 19.4. The number of carbonyl (C=O) groups excluding carboxylic acids is 1. The van der Waals surface area contributed by atoms with Crippen molar-refractivity contribution in [2.75, 3.05) is 13.4 Å². The molecule has 2 aromatic heterocycles. The van der Waals surface area contributed by atoms with Gasteiger partial charge in [0.1, 0.15) is 10.6 Å². The predicted octanol–water partition coefficient (Wildman–Crippen LogP) is 4.99. The molecule has 9 heteroatoms. The first-order valence-electron chi connectivity index (χ1n) is 10.4. The van der Waals surface area contributed by atoms with Gasteiger partial charge in [0.2, 0.25) is 0 Å². The Morgan fingerprint density at radius 3 is 2.94 bits per heavy atom. The Bertz CT molecular complexity index is 1380. The number of carbonyl (C=O) groups is 1. The van der Waals surface area contributed by atoms with Gasteiger partial charge in [0.05, 0.1) is 24.2 Å². The van der Waals surface area contributed by atoms with Gasteiger partial charge in [0.25, 0.3) is 5.56 Å². The van der Waals surface area contributed by atoms with Crippen LogP contribution in [0.3, 0.4) is 0 Å². The molecule has 3 heterocycles. The topological polar surface area (TPSA) is 90.5 Å². The first-order chi connectivity index (χ1) is 16.1. The third-order valence-electron chi connectivity index (χ3n) is 5.17. The zero-order chi connectivity index (χ0) is 22.8. The summed E-state index contributed by atoms with van der Waals surface area (Å²) < 4.78 is 16.2. The minimum absolute atomic E-state index is 0.155. The summed E-state index contributed by atoms with van der Waals surface area (Å²) in [5.74, 6) is 0.769. The van der Waals surface area contributed by atoms with Gasteiger partial charge in [-0.2, -0.15) is 0 Å². The molecule has 4 aromatic rings. The second-order valence-corrected chi connectivity index (χ2v) is 9.13. The quantitative estimate of drug-likeness (QED) is 0.236. The van der Waals surface area contributed by atoms with Gasteiger partial charge in [0.15, 0.2) is 11.9 Å². The molecule has 0 amide bonds. The van der Waals surface area contributed by atoms with Crippen molar-refractivity contribution in [3.63, 3.8) is 0 Å². The average Bonchev–Trinajstić information content (AvgIpc) is 3.28. The molecule has 0 unspecified atom stereocenters. The van der Waals surface area contributed by atoms with Crippen LogP contribution >= 0.6 is 23.1 Å². The third-order valence-corrected chi connectivity index (χ3v) is 6.96. The van der Waals surface area contributed by atoms with Gasteiger partial charge in [-0.25, -0.2) is 9.78 Å². The molecule has 7 nitrogen and oxygen atoms in total. The van der Waals surface area contributed by atoms with E-state index >= 15 is 0 Å². The van der Waals surface area contributed by atoms with Gasteiger partial charge in [-0.05, 0) is 24.6 Å². The molecule has 0 bridgehead atoms. The average molecular weight is 481 g/mol. The lowest BCUT2D eigenvalue weighted by molar-refractivity contribution is -0.0169. The number of hydrogen-bond acceptors (Lipinski definition) is 8. The number of esters is 1. The molecule has 168 valence electrons. The maximum absolute atomic E-state index is 12.9. The van der Waals surface area contributed by atoms with Crippen molar-refractivity contribution in [1.29, 1.82) is 0 Å². The smallest absolute Gasteiger partial charge is 0.338 e. The Morgan fingerprint density at radius 2 is 2.12 bits per heavy atom. The number of aromatic amines is 1. The van der Waals surface area contributed by atoms with Crippen molar-refractivity contribution < 1.29 is 19.0 Å². The largest absolute Gasteiger partial charge is 0.467 e. The van der Waals surface area contributed by atoms with Crippen molar-refractivity contribution in [2.24, 2.45) is 0 Å². The van der Waals surface area contributed by atoms with E-state index in [2.05, 4.69) is 9.97 Å². The fraction of sp³-hybridized carbons (Fsp3) is 0.208. The van der Waals surface area contributed by atoms with Crippen LogP contribution in [0, 0.1) is 0 Å². The normalized spacial score (nSPS) is 12.9. The van der Waals surface area contributed by atoms with E-state index in [9.17, 15) is 9.59 Å². The van der Waals surface area contributed by atoms with Crippen LogP contribution in [0.1, 0.15) is 28.4 Å². The monoisotopic (exact) mass is 480 g/mol. The Balaban J connectivity index is 1.45. The highest BCUT2D eigenvalue weighted by atomic mass is 32.2. The first-order valence-corrected chi connectivity index (χ1v) is 12.2. The van der Waals surface area contributed by atoms with Crippen molar-refractivity contribution in [2.45, 2.75) is 24.4 Å². The Labute approximate surface area is 197 Å². The van der Waals surface area contributed by atoms with E-state index in [0.717, 1.165) is 22.3 Å². The van der Waals surface area contributed by atoms with Crippen molar-refractivity contribution in [3.8, 4) is 16.9 Å². The van der Waals surface area contributed by atoms with E-state index in [-0.39, 0.29) is 12.4 Å². The van der Waals surface area contributed by atoms with Crippen LogP contribution in [0.4, 0.5) is 0 Å². The number of aromatic nitrogens is 2. The maximum Gasteiger partial charge on any atom is 0.338 e. The summed E-state index contributed by atoms with van der Waals surface area (Å²) in [6.45, 7) is 2.58. The van der Waals surface area contributed by atoms with Gasteiger partial charge < -0.3 is 19.2 Å². The number of thioether (sulfide) groups is 1. The minimum Gasteiger partial charge on any atom is -0.467 e. The van der Waals surface area contributed by atoms with Crippen LogP contribution in [-0.4, -0.2) is 29.3 Å². The van der Waals surface area contributed by atoms with E-state index in [1.54, 1.807) is 19.1 Å². The number of ether oxygens (including phenoxy) is 3. The molecule has 0 spiro atoms. The number of thiophene rings is 1. The van der Waals surface area contributed by atoms with E-state index in [1.165, 1.54) is 23.1 Å². The van der Waals surface area contributed by atoms with Gasteiger partial charge in [-0.1, -0.05) is 42.1 Å². The maximum atomic E-state index is 12.9. The number of H-pyrrole nitrogens is 1. The van der Waals surface area contributed by atoms with Gasteiger partial charge >= 0.3 is 5.97 Å². The van der Waals surface area contributed by atoms with E-state index in [0.29, 0.717) is 45.7 Å². The standard InChI is InChI=1S/C24H20N2O5S2/c1-2-30-23(28)15-8-16-10-29-13-31-20(16)17(9-15)11-33-24-25-21(27)19-18(12-32-22(19)26-24)14-6-4-3-5-7-14/h3-9,12H,2,10-11,13H2,1H3,(H,25,26,27). The van der Waals surface area contributed by atoms with Crippen LogP contribution in [0.15, 0.2) is 57.8 Å². The second kappa shape index (κ2) is 9.38. The van der Waals surface area contributed by atoms with Crippen molar-refractivity contribution >= 4 is 39.3 Å². The van der Waals surface area contributed by atoms with Crippen LogP contribution in [0.5, 0.6) is 5.75 Å². The lowest BCUT2D eigenvalue weighted by atomic mass is 10.0. The summed E-state index contributed by atoms with van der Waals surface area (Å²) in [7, 11) is 0. The van der Waals surface area contributed by atoms with Gasteiger partial charge in [-0.3, -0.25) is 4.79 Å². The minimum atomic E-state index is -0.392. The molecule has 0 fully saturated rings. The Kier molecular flexibility index (Phi) is 6.17. The molecule has 5 rings (SSSR count). The van der Waals surface area contributed by atoms with Crippen LogP contribution in [-0.2, 0) is 21.8 Å². The lowest BCUT2D eigenvalue weighted by Crippen LogP contribution is -2.15. The number of nitrogens with one attached hydrogen (secondary N) is 1. The Hall–Kier alpha value is -3.14. The van der Waals surface area contributed by atoms with Gasteiger partial charge in [-0.15, -0.1) is 11.3 Å². The number of rotatable bonds is 6. The lowest BCUT2D eigenvalue weighted by Gasteiger charge is -2.21. The fourth-order valence-electron chi connectivity index (χ4n) is 3.71. The van der Waals surface area contributed by atoms with Crippen LogP contribution < -0.4 is 10.3 Å². The number of benzene rings is 2. The predicted molar refractivity (Wildman–Crippen MR) is 128 cm³/mol. The summed E-state index contributed by atoms with van der Waals surface area (Å²) in [6.07, 6.45) is 0. The highest BCUT2D eigenvalue weighted by molar-refractivity contribution is 7.98. The number of nitrogens with zero attached hydrogens (tertiary/aromatic N) is 1. The van der Waals surface area contributed by atoms with E-state index in [4.69, 9.17) is 14.2 Å². The van der Waals surface area contributed by atoms with Gasteiger partial charge in [0, 0.05) is 27.8 Å². The molecule has 2 aromatic carbocycles. The van der Waals surface area contributed by atoms with Crippen LogP contribution in [0.2, 0.25) is 0 Å². The molecule has 0 saturated carbocycles. The Morgan fingerprint density at radius 1 is 1.27 bits per heavy atom. The molecule has 33 heavy (non-hydrogen) atoms. The van der Waals surface area contributed by atoms with E-state index in [1.807, 2.05) is 35.7 Å². The molecule has 1 aliphatic rings. The highest BCUT2D eigenvalue weighted by Gasteiger charge is 2.21. The molecular formula is C24H20N2O5S2. The SMILES string of the molecule is CCOC(=O)c1cc2c(c(CSc3nc4scc(-c5ccccc5)c4c(=O)[nH]3)c1)OCOC2. The van der Waals surface area contributed by atoms with Crippen molar-refractivity contribution in [3.05, 3.63) is 74.9 Å². The molecule has 0 radical (unpaired) electrons.